The molecule has 1 aromatic heterocycles. The predicted molar refractivity (Wildman–Crippen MR) is 70.6 cm³/mol. The van der Waals surface area contributed by atoms with E-state index in [1.54, 1.807) is 12.1 Å². The van der Waals surface area contributed by atoms with Gasteiger partial charge in [-0.3, -0.25) is 0 Å². The molecule has 3 nitrogen and oxygen atoms in total. The molecule has 0 spiro atoms. The van der Waals surface area contributed by atoms with Gasteiger partial charge in [-0.1, -0.05) is 23.7 Å². The topological polar surface area (TPSA) is 37.8 Å². The standard InChI is InChI=1S/C12H10Cl2FN3/c13-10-7-17-12(14)18-11(10)16-6-5-8-1-3-9(15)4-2-8/h1-4,7H,5-6H2,(H,16,17,18). The van der Waals surface area contributed by atoms with Crippen LogP contribution in [0.2, 0.25) is 10.3 Å². The van der Waals surface area contributed by atoms with E-state index in [1.165, 1.54) is 18.3 Å². The van der Waals surface area contributed by atoms with Crippen LogP contribution in [-0.4, -0.2) is 16.5 Å². The third kappa shape index (κ3) is 3.55. The van der Waals surface area contributed by atoms with Crippen LogP contribution in [0.15, 0.2) is 30.5 Å². The summed E-state index contributed by atoms with van der Waals surface area (Å²) in [6, 6.07) is 6.35. The summed E-state index contributed by atoms with van der Waals surface area (Å²) in [6.45, 7) is 0.624. The first-order valence-electron chi connectivity index (χ1n) is 5.31. The average molecular weight is 286 g/mol. The lowest BCUT2D eigenvalue weighted by Gasteiger charge is -2.07. The Kier molecular flexibility index (Phi) is 4.33. The van der Waals surface area contributed by atoms with Crippen molar-refractivity contribution < 1.29 is 4.39 Å². The van der Waals surface area contributed by atoms with Crippen molar-refractivity contribution in [3.8, 4) is 0 Å². The maximum atomic E-state index is 12.7. The van der Waals surface area contributed by atoms with Gasteiger partial charge in [-0.25, -0.2) is 9.37 Å². The zero-order valence-corrected chi connectivity index (χ0v) is 10.8. The van der Waals surface area contributed by atoms with E-state index in [-0.39, 0.29) is 11.1 Å². The van der Waals surface area contributed by atoms with Gasteiger partial charge in [0.1, 0.15) is 16.7 Å². The molecule has 0 aliphatic rings. The van der Waals surface area contributed by atoms with Crippen LogP contribution in [0.4, 0.5) is 10.2 Å². The maximum Gasteiger partial charge on any atom is 0.224 e. The second-order valence-corrected chi connectivity index (χ2v) is 4.38. The molecule has 0 radical (unpaired) electrons. The van der Waals surface area contributed by atoms with Gasteiger partial charge < -0.3 is 5.32 Å². The first-order valence-corrected chi connectivity index (χ1v) is 6.07. The molecule has 2 aromatic rings. The summed E-state index contributed by atoms with van der Waals surface area (Å²) in [5, 5.41) is 3.61. The fraction of sp³-hybridized carbons (Fsp3) is 0.167. The SMILES string of the molecule is Fc1ccc(CCNc2nc(Cl)ncc2Cl)cc1. The van der Waals surface area contributed by atoms with E-state index in [0.717, 1.165) is 12.0 Å². The molecular formula is C12H10Cl2FN3. The Hall–Kier alpha value is -1.39. The van der Waals surface area contributed by atoms with Crippen LogP contribution < -0.4 is 5.32 Å². The number of hydrogen-bond donors (Lipinski definition) is 1. The monoisotopic (exact) mass is 285 g/mol. The molecule has 0 fully saturated rings. The van der Waals surface area contributed by atoms with Gasteiger partial charge in [0, 0.05) is 6.54 Å². The third-order valence-corrected chi connectivity index (χ3v) is 2.79. The van der Waals surface area contributed by atoms with Crippen molar-refractivity contribution in [2.45, 2.75) is 6.42 Å². The molecule has 94 valence electrons. The van der Waals surface area contributed by atoms with E-state index in [0.29, 0.717) is 17.4 Å². The summed E-state index contributed by atoms with van der Waals surface area (Å²) in [6.07, 6.45) is 2.18. The predicted octanol–water partition coefficient (Wildman–Crippen LogP) is 3.58. The van der Waals surface area contributed by atoms with Gasteiger partial charge in [0.15, 0.2) is 0 Å². The Labute approximate surface area is 114 Å². The third-order valence-electron chi connectivity index (χ3n) is 2.33. The lowest BCUT2D eigenvalue weighted by atomic mass is 10.1. The average Bonchev–Trinajstić information content (AvgIpc) is 2.36. The van der Waals surface area contributed by atoms with Crippen molar-refractivity contribution in [3.63, 3.8) is 0 Å². The molecular weight excluding hydrogens is 276 g/mol. The second-order valence-electron chi connectivity index (χ2n) is 3.64. The van der Waals surface area contributed by atoms with Gasteiger partial charge in [0.05, 0.1) is 6.20 Å². The summed E-state index contributed by atoms with van der Waals surface area (Å²) in [7, 11) is 0. The molecule has 2 rings (SSSR count). The molecule has 0 aliphatic carbocycles. The van der Waals surface area contributed by atoms with Crippen molar-refractivity contribution >= 4 is 29.0 Å². The second kappa shape index (κ2) is 5.98. The number of benzene rings is 1. The van der Waals surface area contributed by atoms with Gasteiger partial charge in [0.25, 0.3) is 0 Å². The zero-order chi connectivity index (χ0) is 13.0. The summed E-state index contributed by atoms with van der Waals surface area (Å²) >= 11 is 11.6. The lowest BCUT2D eigenvalue weighted by Crippen LogP contribution is -2.07. The molecule has 0 atom stereocenters. The Morgan fingerprint density at radius 3 is 2.61 bits per heavy atom. The molecule has 1 heterocycles. The highest BCUT2D eigenvalue weighted by Gasteiger charge is 2.03. The summed E-state index contributed by atoms with van der Waals surface area (Å²) in [5.41, 5.74) is 1.03. The zero-order valence-electron chi connectivity index (χ0n) is 9.33. The Morgan fingerprint density at radius 1 is 1.17 bits per heavy atom. The first kappa shape index (κ1) is 13.1. The largest absolute Gasteiger partial charge is 0.368 e. The number of hydrogen-bond acceptors (Lipinski definition) is 3. The Balaban J connectivity index is 1.92. The van der Waals surface area contributed by atoms with Gasteiger partial charge >= 0.3 is 0 Å². The Morgan fingerprint density at radius 2 is 1.89 bits per heavy atom. The van der Waals surface area contributed by atoms with Gasteiger partial charge in [-0.15, -0.1) is 0 Å². The fourth-order valence-corrected chi connectivity index (χ4v) is 1.74. The molecule has 0 unspecified atom stereocenters. The van der Waals surface area contributed by atoms with Gasteiger partial charge in [0.2, 0.25) is 5.28 Å². The minimum atomic E-state index is -0.239. The molecule has 1 aromatic carbocycles. The molecule has 0 amide bonds. The van der Waals surface area contributed by atoms with Crippen molar-refractivity contribution in [2.24, 2.45) is 0 Å². The van der Waals surface area contributed by atoms with Crippen molar-refractivity contribution in [2.75, 3.05) is 11.9 Å². The highest BCUT2D eigenvalue weighted by Crippen LogP contribution is 2.19. The van der Waals surface area contributed by atoms with E-state index >= 15 is 0 Å². The summed E-state index contributed by atoms with van der Waals surface area (Å²) in [5.74, 6) is 0.260. The molecule has 0 saturated heterocycles. The normalized spacial score (nSPS) is 10.4. The van der Waals surface area contributed by atoms with Crippen molar-refractivity contribution in [1.82, 2.24) is 9.97 Å². The minimum absolute atomic E-state index is 0.142. The summed E-state index contributed by atoms with van der Waals surface area (Å²) < 4.78 is 12.7. The molecule has 1 N–H and O–H groups in total. The van der Waals surface area contributed by atoms with Crippen LogP contribution in [0.25, 0.3) is 0 Å². The number of rotatable bonds is 4. The van der Waals surface area contributed by atoms with Crippen LogP contribution in [0.1, 0.15) is 5.56 Å². The Bertz CT molecular complexity index is 531. The smallest absolute Gasteiger partial charge is 0.224 e. The van der Waals surface area contributed by atoms with E-state index in [1.807, 2.05) is 0 Å². The molecule has 0 saturated carbocycles. The van der Waals surface area contributed by atoms with E-state index in [4.69, 9.17) is 23.2 Å². The highest BCUT2D eigenvalue weighted by molar-refractivity contribution is 6.33. The summed E-state index contributed by atoms with van der Waals surface area (Å²) in [4.78, 5) is 7.73. The van der Waals surface area contributed by atoms with Crippen LogP contribution in [0.3, 0.4) is 0 Å². The van der Waals surface area contributed by atoms with E-state index in [2.05, 4.69) is 15.3 Å². The van der Waals surface area contributed by atoms with Crippen LogP contribution in [0, 0.1) is 5.82 Å². The van der Waals surface area contributed by atoms with Gasteiger partial charge in [-0.05, 0) is 35.7 Å². The van der Waals surface area contributed by atoms with Crippen molar-refractivity contribution in [1.29, 1.82) is 0 Å². The number of anilines is 1. The van der Waals surface area contributed by atoms with Crippen LogP contribution in [-0.2, 0) is 6.42 Å². The van der Waals surface area contributed by atoms with Gasteiger partial charge in [-0.2, -0.15) is 4.98 Å². The number of aromatic nitrogens is 2. The van der Waals surface area contributed by atoms with Crippen LogP contribution in [0.5, 0.6) is 0 Å². The molecule has 6 heteroatoms. The van der Waals surface area contributed by atoms with E-state index in [9.17, 15) is 4.39 Å². The highest BCUT2D eigenvalue weighted by atomic mass is 35.5. The number of nitrogens with one attached hydrogen (secondary N) is 1. The molecule has 18 heavy (non-hydrogen) atoms. The number of nitrogens with zero attached hydrogens (tertiary/aromatic N) is 2. The molecule has 0 bridgehead atoms. The van der Waals surface area contributed by atoms with Crippen LogP contribution >= 0.6 is 23.2 Å². The van der Waals surface area contributed by atoms with Crippen molar-refractivity contribution in [3.05, 3.63) is 52.1 Å². The fourth-order valence-electron chi connectivity index (χ4n) is 1.45. The first-order chi connectivity index (χ1) is 8.65. The quantitative estimate of drug-likeness (QED) is 0.873. The van der Waals surface area contributed by atoms with E-state index < -0.39 is 0 Å². The molecule has 0 aliphatic heterocycles. The number of halogens is 3. The maximum absolute atomic E-state index is 12.7. The minimum Gasteiger partial charge on any atom is -0.368 e. The lowest BCUT2D eigenvalue weighted by molar-refractivity contribution is 0.627.